The number of aliphatic hydroxyl groups is 1. The molecule has 1 fully saturated rings. The monoisotopic (exact) mass is 199 g/mol. The first-order valence-corrected chi connectivity index (χ1v) is 6.18. The molecule has 1 aliphatic carbocycles. The van der Waals surface area contributed by atoms with Gasteiger partial charge in [0.05, 0.1) is 6.10 Å². The first-order chi connectivity index (χ1) is 6.74. The average Bonchev–Trinajstić information content (AvgIpc) is 2.18. The third-order valence-electron chi connectivity index (χ3n) is 3.22. The van der Waals surface area contributed by atoms with Crippen LogP contribution in [0.3, 0.4) is 0 Å². The van der Waals surface area contributed by atoms with Crippen LogP contribution in [-0.4, -0.2) is 23.3 Å². The van der Waals surface area contributed by atoms with Crippen molar-refractivity contribution in [1.82, 2.24) is 5.32 Å². The van der Waals surface area contributed by atoms with Crippen LogP contribution in [-0.2, 0) is 0 Å². The summed E-state index contributed by atoms with van der Waals surface area (Å²) in [4.78, 5) is 0. The van der Waals surface area contributed by atoms with E-state index < -0.39 is 0 Å². The van der Waals surface area contributed by atoms with Crippen LogP contribution >= 0.6 is 0 Å². The maximum atomic E-state index is 9.78. The van der Waals surface area contributed by atoms with Gasteiger partial charge in [-0.2, -0.15) is 0 Å². The van der Waals surface area contributed by atoms with E-state index >= 15 is 0 Å². The Hall–Kier alpha value is -0.0800. The molecule has 0 spiro atoms. The average molecular weight is 199 g/mol. The number of aliphatic hydroxyl groups excluding tert-OH is 1. The molecule has 0 bridgehead atoms. The minimum atomic E-state index is -0.104. The van der Waals surface area contributed by atoms with Crippen LogP contribution in [0.2, 0.25) is 0 Å². The van der Waals surface area contributed by atoms with Crippen molar-refractivity contribution < 1.29 is 5.11 Å². The van der Waals surface area contributed by atoms with E-state index in [9.17, 15) is 5.11 Å². The highest BCUT2D eigenvalue weighted by Crippen LogP contribution is 2.19. The summed E-state index contributed by atoms with van der Waals surface area (Å²) in [6, 6.07) is 0.920. The topological polar surface area (TPSA) is 32.3 Å². The molecule has 2 nitrogen and oxygen atoms in total. The van der Waals surface area contributed by atoms with Gasteiger partial charge in [-0.25, -0.2) is 0 Å². The van der Waals surface area contributed by atoms with Gasteiger partial charge in [-0.3, -0.25) is 0 Å². The summed E-state index contributed by atoms with van der Waals surface area (Å²) in [6.45, 7) is 4.46. The SMILES string of the molecule is CCCCC(C)NC1CCCCC1O. The second kappa shape index (κ2) is 6.41. The molecule has 3 atom stereocenters. The van der Waals surface area contributed by atoms with Crippen LogP contribution in [0.4, 0.5) is 0 Å². The van der Waals surface area contributed by atoms with Gasteiger partial charge in [0.1, 0.15) is 0 Å². The molecule has 0 heterocycles. The van der Waals surface area contributed by atoms with Crippen LogP contribution < -0.4 is 5.32 Å². The van der Waals surface area contributed by atoms with Crippen LogP contribution in [0, 0.1) is 0 Å². The van der Waals surface area contributed by atoms with Gasteiger partial charge >= 0.3 is 0 Å². The lowest BCUT2D eigenvalue weighted by atomic mass is 9.92. The van der Waals surface area contributed by atoms with Gasteiger partial charge in [-0.15, -0.1) is 0 Å². The van der Waals surface area contributed by atoms with Crippen molar-refractivity contribution >= 4 is 0 Å². The van der Waals surface area contributed by atoms with Crippen LogP contribution in [0.1, 0.15) is 58.8 Å². The van der Waals surface area contributed by atoms with Crippen molar-refractivity contribution in [3.63, 3.8) is 0 Å². The Bertz CT molecular complexity index is 149. The Labute approximate surface area is 88.1 Å². The lowest BCUT2D eigenvalue weighted by molar-refractivity contribution is 0.0852. The molecular weight excluding hydrogens is 174 g/mol. The maximum absolute atomic E-state index is 9.78. The van der Waals surface area contributed by atoms with E-state index in [0.29, 0.717) is 12.1 Å². The van der Waals surface area contributed by atoms with Gasteiger partial charge in [-0.05, 0) is 26.2 Å². The van der Waals surface area contributed by atoms with Gasteiger partial charge in [0, 0.05) is 12.1 Å². The predicted octanol–water partition coefficient (Wildman–Crippen LogP) is 2.46. The van der Waals surface area contributed by atoms with E-state index in [2.05, 4.69) is 19.2 Å². The van der Waals surface area contributed by atoms with E-state index in [1.165, 1.54) is 32.1 Å². The van der Waals surface area contributed by atoms with Crippen molar-refractivity contribution in [3.05, 3.63) is 0 Å². The zero-order valence-corrected chi connectivity index (χ0v) is 9.63. The van der Waals surface area contributed by atoms with Crippen molar-refractivity contribution in [2.24, 2.45) is 0 Å². The molecule has 1 rings (SSSR count). The van der Waals surface area contributed by atoms with E-state index in [4.69, 9.17) is 0 Å². The molecule has 1 aliphatic rings. The van der Waals surface area contributed by atoms with Gasteiger partial charge < -0.3 is 10.4 Å². The quantitative estimate of drug-likeness (QED) is 0.713. The van der Waals surface area contributed by atoms with Gasteiger partial charge in [-0.1, -0.05) is 32.6 Å². The Morgan fingerprint density at radius 1 is 1.36 bits per heavy atom. The fraction of sp³-hybridized carbons (Fsp3) is 1.00. The normalized spacial score (nSPS) is 30.2. The number of nitrogens with one attached hydrogen (secondary N) is 1. The first-order valence-electron chi connectivity index (χ1n) is 6.18. The largest absolute Gasteiger partial charge is 0.392 e. The summed E-state index contributed by atoms with van der Waals surface area (Å²) in [6.07, 6.45) is 8.29. The summed E-state index contributed by atoms with van der Waals surface area (Å²) in [5.74, 6) is 0. The lowest BCUT2D eigenvalue weighted by Gasteiger charge is -2.31. The molecule has 2 heteroatoms. The second-order valence-corrected chi connectivity index (χ2v) is 4.67. The fourth-order valence-corrected chi connectivity index (χ4v) is 2.26. The Morgan fingerprint density at radius 2 is 2.07 bits per heavy atom. The van der Waals surface area contributed by atoms with E-state index in [1.54, 1.807) is 0 Å². The summed E-state index contributed by atoms with van der Waals surface area (Å²) in [5.41, 5.74) is 0. The molecule has 1 saturated carbocycles. The number of hydrogen-bond acceptors (Lipinski definition) is 2. The van der Waals surface area contributed by atoms with E-state index in [0.717, 1.165) is 12.8 Å². The molecule has 14 heavy (non-hydrogen) atoms. The zero-order chi connectivity index (χ0) is 10.4. The summed E-state index contributed by atoms with van der Waals surface area (Å²) < 4.78 is 0. The van der Waals surface area contributed by atoms with Crippen molar-refractivity contribution in [2.75, 3.05) is 0 Å². The Kier molecular flexibility index (Phi) is 5.49. The molecule has 3 unspecified atom stereocenters. The number of hydrogen-bond donors (Lipinski definition) is 2. The third kappa shape index (κ3) is 3.97. The first kappa shape index (κ1) is 12.0. The van der Waals surface area contributed by atoms with E-state index in [-0.39, 0.29) is 6.10 Å². The van der Waals surface area contributed by atoms with Crippen LogP contribution in [0.15, 0.2) is 0 Å². The maximum Gasteiger partial charge on any atom is 0.0693 e. The highest BCUT2D eigenvalue weighted by molar-refractivity contribution is 4.82. The zero-order valence-electron chi connectivity index (χ0n) is 9.63. The molecule has 0 amide bonds. The minimum Gasteiger partial charge on any atom is -0.392 e. The minimum absolute atomic E-state index is 0.104. The van der Waals surface area contributed by atoms with Crippen molar-refractivity contribution in [3.8, 4) is 0 Å². The molecular formula is C12H25NO. The standard InChI is InChI=1S/C12H25NO/c1-3-4-7-10(2)13-11-8-5-6-9-12(11)14/h10-14H,3-9H2,1-2H3. The number of unbranched alkanes of at least 4 members (excludes halogenated alkanes) is 1. The third-order valence-corrected chi connectivity index (χ3v) is 3.22. The molecule has 0 radical (unpaired) electrons. The van der Waals surface area contributed by atoms with Gasteiger partial charge in [0.25, 0.3) is 0 Å². The molecule has 0 saturated heterocycles. The Morgan fingerprint density at radius 3 is 2.71 bits per heavy atom. The molecule has 0 aromatic heterocycles. The molecule has 2 N–H and O–H groups in total. The molecule has 0 aromatic rings. The van der Waals surface area contributed by atoms with Gasteiger partial charge in [0.15, 0.2) is 0 Å². The van der Waals surface area contributed by atoms with E-state index in [1.807, 2.05) is 0 Å². The molecule has 0 aliphatic heterocycles. The molecule has 84 valence electrons. The number of rotatable bonds is 5. The van der Waals surface area contributed by atoms with Crippen molar-refractivity contribution in [2.45, 2.75) is 77.0 Å². The lowest BCUT2D eigenvalue weighted by Crippen LogP contribution is -2.46. The smallest absolute Gasteiger partial charge is 0.0693 e. The summed E-state index contributed by atoms with van der Waals surface area (Å²) in [7, 11) is 0. The second-order valence-electron chi connectivity index (χ2n) is 4.67. The predicted molar refractivity (Wildman–Crippen MR) is 60.4 cm³/mol. The summed E-state index contributed by atoms with van der Waals surface area (Å²) in [5, 5.41) is 13.3. The summed E-state index contributed by atoms with van der Waals surface area (Å²) >= 11 is 0. The highest BCUT2D eigenvalue weighted by atomic mass is 16.3. The van der Waals surface area contributed by atoms with Crippen LogP contribution in [0.5, 0.6) is 0 Å². The van der Waals surface area contributed by atoms with Crippen LogP contribution in [0.25, 0.3) is 0 Å². The fourth-order valence-electron chi connectivity index (χ4n) is 2.26. The highest BCUT2D eigenvalue weighted by Gasteiger charge is 2.23. The molecule has 0 aromatic carbocycles. The van der Waals surface area contributed by atoms with Gasteiger partial charge in [0.2, 0.25) is 0 Å². The Balaban J connectivity index is 2.20. The van der Waals surface area contributed by atoms with Crippen molar-refractivity contribution in [1.29, 1.82) is 0 Å².